The highest BCUT2D eigenvalue weighted by Gasteiger charge is 2.15. The number of nitrogens with one attached hydrogen (secondary N) is 1. The standard InChI is InChI=1S/C13H20N2O/c1-14-9-12-8-13(6-7-15-12)16-10-11-4-2-3-5-11/h6-8,11,14H,2-5,9-10H2,1H3. The maximum Gasteiger partial charge on any atom is 0.122 e. The summed E-state index contributed by atoms with van der Waals surface area (Å²) in [5, 5.41) is 3.09. The SMILES string of the molecule is CNCc1cc(OCC2CCCC2)ccn1. The van der Waals surface area contributed by atoms with Crippen LogP contribution in [-0.4, -0.2) is 18.6 Å². The Morgan fingerprint density at radius 1 is 1.44 bits per heavy atom. The summed E-state index contributed by atoms with van der Waals surface area (Å²) in [6.07, 6.45) is 7.21. The molecule has 1 fully saturated rings. The first kappa shape index (κ1) is 11.4. The fourth-order valence-electron chi connectivity index (χ4n) is 2.21. The van der Waals surface area contributed by atoms with Gasteiger partial charge in [-0.25, -0.2) is 0 Å². The zero-order valence-corrected chi connectivity index (χ0v) is 9.91. The number of ether oxygens (including phenoxy) is 1. The number of pyridine rings is 1. The van der Waals surface area contributed by atoms with Gasteiger partial charge in [0.05, 0.1) is 12.3 Å². The van der Waals surface area contributed by atoms with Gasteiger partial charge in [-0.3, -0.25) is 4.98 Å². The number of aromatic nitrogens is 1. The maximum atomic E-state index is 5.81. The van der Waals surface area contributed by atoms with Crippen LogP contribution in [0.2, 0.25) is 0 Å². The summed E-state index contributed by atoms with van der Waals surface area (Å²) >= 11 is 0. The van der Waals surface area contributed by atoms with E-state index in [-0.39, 0.29) is 0 Å². The molecule has 0 atom stereocenters. The fourth-order valence-corrected chi connectivity index (χ4v) is 2.21. The molecule has 0 bridgehead atoms. The summed E-state index contributed by atoms with van der Waals surface area (Å²) in [6.45, 7) is 1.66. The lowest BCUT2D eigenvalue weighted by Gasteiger charge is -2.11. The van der Waals surface area contributed by atoms with E-state index in [4.69, 9.17) is 4.74 Å². The van der Waals surface area contributed by atoms with Crippen molar-refractivity contribution in [1.82, 2.24) is 10.3 Å². The van der Waals surface area contributed by atoms with Gasteiger partial charge in [0.1, 0.15) is 5.75 Å². The van der Waals surface area contributed by atoms with Crippen LogP contribution in [0, 0.1) is 5.92 Å². The topological polar surface area (TPSA) is 34.1 Å². The molecule has 1 aromatic heterocycles. The molecule has 3 nitrogen and oxygen atoms in total. The van der Waals surface area contributed by atoms with Crippen LogP contribution in [-0.2, 0) is 6.54 Å². The Bertz CT molecular complexity index is 321. The minimum atomic E-state index is 0.765. The molecule has 1 aliphatic carbocycles. The predicted molar refractivity (Wildman–Crippen MR) is 64.5 cm³/mol. The molecule has 0 unspecified atom stereocenters. The van der Waals surface area contributed by atoms with E-state index in [9.17, 15) is 0 Å². The van der Waals surface area contributed by atoms with E-state index in [1.54, 1.807) is 0 Å². The smallest absolute Gasteiger partial charge is 0.122 e. The van der Waals surface area contributed by atoms with Gasteiger partial charge in [-0.05, 0) is 31.9 Å². The highest BCUT2D eigenvalue weighted by Crippen LogP contribution is 2.25. The first-order valence-electron chi connectivity index (χ1n) is 6.11. The van der Waals surface area contributed by atoms with Gasteiger partial charge in [0, 0.05) is 18.8 Å². The van der Waals surface area contributed by atoms with Crippen LogP contribution in [0.5, 0.6) is 5.75 Å². The summed E-state index contributed by atoms with van der Waals surface area (Å²) in [5.74, 6) is 1.72. The second-order valence-electron chi connectivity index (χ2n) is 4.47. The highest BCUT2D eigenvalue weighted by atomic mass is 16.5. The fraction of sp³-hybridized carbons (Fsp3) is 0.615. The molecule has 0 radical (unpaired) electrons. The van der Waals surface area contributed by atoms with Gasteiger partial charge in [0.15, 0.2) is 0 Å². The largest absolute Gasteiger partial charge is 0.493 e. The van der Waals surface area contributed by atoms with Gasteiger partial charge in [-0.2, -0.15) is 0 Å². The van der Waals surface area contributed by atoms with Crippen molar-refractivity contribution in [2.24, 2.45) is 5.92 Å². The minimum absolute atomic E-state index is 0.765. The Labute approximate surface area is 97.2 Å². The van der Waals surface area contributed by atoms with Gasteiger partial charge >= 0.3 is 0 Å². The molecule has 16 heavy (non-hydrogen) atoms. The molecule has 1 aromatic rings. The van der Waals surface area contributed by atoms with Crippen LogP contribution in [0.3, 0.4) is 0 Å². The van der Waals surface area contributed by atoms with Crippen molar-refractivity contribution in [1.29, 1.82) is 0 Å². The average molecular weight is 220 g/mol. The highest BCUT2D eigenvalue weighted by molar-refractivity contribution is 5.22. The number of rotatable bonds is 5. The summed E-state index contributed by atoms with van der Waals surface area (Å²) in [5.41, 5.74) is 1.03. The number of hydrogen-bond donors (Lipinski definition) is 1. The zero-order valence-electron chi connectivity index (χ0n) is 9.91. The van der Waals surface area contributed by atoms with Crippen LogP contribution < -0.4 is 10.1 Å². The van der Waals surface area contributed by atoms with Crippen LogP contribution in [0.25, 0.3) is 0 Å². The molecule has 0 aromatic carbocycles. The van der Waals surface area contributed by atoms with Crippen LogP contribution in [0.1, 0.15) is 31.4 Å². The lowest BCUT2D eigenvalue weighted by molar-refractivity contribution is 0.251. The first-order valence-corrected chi connectivity index (χ1v) is 6.11. The second-order valence-corrected chi connectivity index (χ2v) is 4.47. The molecule has 0 spiro atoms. The van der Waals surface area contributed by atoms with E-state index in [2.05, 4.69) is 10.3 Å². The van der Waals surface area contributed by atoms with Gasteiger partial charge < -0.3 is 10.1 Å². The minimum Gasteiger partial charge on any atom is -0.493 e. The Balaban J connectivity index is 1.85. The van der Waals surface area contributed by atoms with Gasteiger partial charge in [0.25, 0.3) is 0 Å². The van der Waals surface area contributed by atoms with E-state index >= 15 is 0 Å². The maximum absolute atomic E-state index is 5.81. The molecular weight excluding hydrogens is 200 g/mol. The summed E-state index contributed by atoms with van der Waals surface area (Å²) < 4.78 is 5.81. The quantitative estimate of drug-likeness (QED) is 0.827. The van der Waals surface area contributed by atoms with E-state index in [1.165, 1.54) is 25.7 Å². The molecule has 0 amide bonds. The molecule has 1 heterocycles. The Hall–Kier alpha value is -1.09. The van der Waals surface area contributed by atoms with E-state index in [1.807, 2.05) is 25.4 Å². The third-order valence-corrected chi connectivity index (χ3v) is 3.11. The van der Waals surface area contributed by atoms with E-state index in [0.29, 0.717) is 0 Å². The molecule has 3 heteroatoms. The van der Waals surface area contributed by atoms with Crippen molar-refractivity contribution in [2.45, 2.75) is 32.2 Å². The number of nitrogens with zero attached hydrogens (tertiary/aromatic N) is 1. The monoisotopic (exact) mass is 220 g/mol. The van der Waals surface area contributed by atoms with Crippen molar-refractivity contribution in [3.8, 4) is 5.75 Å². The lowest BCUT2D eigenvalue weighted by Crippen LogP contribution is -2.10. The van der Waals surface area contributed by atoms with E-state index < -0.39 is 0 Å². The molecular formula is C13H20N2O. The summed E-state index contributed by atoms with van der Waals surface area (Å²) in [7, 11) is 1.92. The first-order chi connectivity index (χ1) is 7.88. The van der Waals surface area contributed by atoms with Crippen molar-refractivity contribution in [2.75, 3.05) is 13.7 Å². The summed E-state index contributed by atoms with van der Waals surface area (Å²) in [6, 6.07) is 3.96. The zero-order chi connectivity index (χ0) is 11.2. The van der Waals surface area contributed by atoms with Crippen molar-refractivity contribution in [3.63, 3.8) is 0 Å². The van der Waals surface area contributed by atoms with Crippen LogP contribution in [0.4, 0.5) is 0 Å². The second kappa shape index (κ2) is 5.85. The predicted octanol–water partition coefficient (Wildman–Crippen LogP) is 2.37. The molecule has 1 aliphatic rings. The molecule has 0 saturated heterocycles. The van der Waals surface area contributed by atoms with Gasteiger partial charge in [-0.15, -0.1) is 0 Å². The van der Waals surface area contributed by atoms with Gasteiger partial charge in [-0.1, -0.05) is 12.8 Å². The van der Waals surface area contributed by atoms with Gasteiger partial charge in [0.2, 0.25) is 0 Å². The lowest BCUT2D eigenvalue weighted by atomic mass is 10.1. The third kappa shape index (κ3) is 3.20. The Kier molecular flexibility index (Phi) is 4.17. The third-order valence-electron chi connectivity index (χ3n) is 3.11. The van der Waals surface area contributed by atoms with Crippen LogP contribution in [0.15, 0.2) is 18.3 Å². The van der Waals surface area contributed by atoms with Crippen molar-refractivity contribution < 1.29 is 4.74 Å². The molecule has 88 valence electrons. The van der Waals surface area contributed by atoms with Crippen LogP contribution >= 0.6 is 0 Å². The Morgan fingerprint density at radius 3 is 3.00 bits per heavy atom. The van der Waals surface area contributed by atoms with Crippen molar-refractivity contribution >= 4 is 0 Å². The number of hydrogen-bond acceptors (Lipinski definition) is 3. The molecule has 1 saturated carbocycles. The average Bonchev–Trinajstić information content (AvgIpc) is 2.80. The van der Waals surface area contributed by atoms with E-state index in [0.717, 1.165) is 30.5 Å². The van der Waals surface area contributed by atoms with Crippen molar-refractivity contribution in [3.05, 3.63) is 24.0 Å². The normalized spacial score (nSPS) is 16.6. The summed E-state index contributed by atoms with van der Waals surface area (Å²) in [4.78, 5) is 4.27. The molecule has 0 aliphatic heterocycles. The molecule has 1 N–H and O–H groups in total. The Morgan fingerprint density at radius 2 is 2.25 bits per heavy atom. The molecule has 2 rings (SSSR count).